The van der Waals surface area contributed by atoms with Crippen LogP contribution in [-0.4, -0.2) is 19.6 Å². The third kappa shape index (κ3) is 2.68. The minimum absolute atomic E-state index is 0.258. The van der Waals surface area contributed by atoms with Crippen LogP contribution < -0.4 is 9.64 Å². The number of ether oxygens (including phenoxy) is 1. The molecule has 2 aromatic carbocycles. The number of hydrogen-bond donors (Lipinski definition) is 0. The maximum atomic E-state index is 12.9. The first kappa shape index (κ1) is 15.3. The van der Waals surface area contributed by atoms with E-state index >= 15 is 0 Å². The first-order chi connectivity index (χ1) is 11.8. The smallest absolute Gasteiger partial charge is 0.227 e. The van der Waals surface area contributed by atoms with Gasteiger partial charge in [0.25, 0.3) is 0 Å². The fraction of sp³-hybridized carbons (Fsp3) is 0.381. The molecule has 2 aromatic rings. The monoisotopic (exact) mass is 321 g/mol. The molecular weight excluding hydrogens is 298 g/mol. The Kier molecular flexibility index (Phi) is 4.01. The number of hydrogen-bond acceptors (Lipinski definition) is 2. The largest absolute Gasteiger partial charge is 0.497 e. The Morgan fingerprint density at radius 3 is 2.92 bits per heavy atom. The third-order valence-electron chi connectivity index (χ3n) is 5.40. The summed E-state index contributed by atoms with van der Waals surface area (Å²) in [6.45, 7) is 0.820. The Balaban J connectivity index is 1.54. The highest BCUT2D eigenvalue weighted by Gasteiger charge is 2.28. The standard InChI is InChI=1S/C21H23NO2/c1-24-18-9-10-19-16(13-18)6-4-7-17(19)14-21(23)22-12-11-15-5-2-3-8-20(15)22/h2-3,5,8-10,13,17H,4,6-7,11-12,14H2,1H3/t17-/m0/s1. The number of benzene rings is 2. The average molecular weight is 321 g/mol. The average Bonchev–Trinajstić information content (AvgIpc) is 3.05. The van der Waals surface area contributed by atoms with Gasteiger partial charge >= 0.3 is 0 Å². The number of carbonyl (C=O) groups excluding carboxylic acids is 1. The predicted octanol–water partition coefficient (Wildman–Crippen LogP) is 4.09. The molecule has 3 nitrogen and oxygen atoms in total. The normalized spacial score (nSPS) is 18.9. The molecule has 0 aromatic heterocycles. The van der Waals surface area contributed by atoms with E-state index in [0.717, 1.165) is 43.7 Å². The summed E-state index contributed by atoms with van der Waals surface area (Å²) in [6, 6.07) is 14.6. The molecule has 0 saturated heterocycles. The zero-order valence-corrected chi connectivity index (χ0v) is 14.1. The molecule has 0 bridgehead atoms. The van der Waals surface area contributed by atoms with Crippen LogP contribution in [0, 0.1) is 0 Å². The fourth-order valence-corrected chi connectivity index (χ4v) is 4.15. The van der Waals surface area contributed by atoms with E-state index in [1.54, 1.807) is 7.11 Å². The molecule has 24 heavy (non-hydrogen) atoms. The van der Waals surface area contributed by atoms with Crippen LogP contribution >= 0.6 is 0 Å². The van der Waals surface area contributed by atoms with Gasteiger partial charge in [0.2, 0.25) is 5.91 Å². The number of methoxy groups -OCH3 is 1. The van der Waals surface area contributed by atoms with Crippen LogP contribution in [0.2, 0.25) is 0 Å². The second-order valence-electron chi connectivity index (χ2n) is 6.78. The van der Waals surface area contributed by atoms with Gasteiger partial charge in [-0.25, -0.2) is 0 Å². The lowest BCUT2D eigenvalue weighted by Crippen LogP contribution is -2.30. The van der Waals surface area contributed by atoms with Crippen LogP contribution in [0.5, 0.6) is 5.75 Å². The SMILES string of the molecule is COc1ccc2c(c1)CCC[C@H]2CC(=O)N1CCc2ccccc21. The third-order valence-corrected chi connectivity index (χ3v) is 5.40. The van der Waals surface area contributed by atoms with Gasteiger partial charge in [0.1, 0.15) is 5.75 Å². The van der Waals surface area contributed by atoms with E-state index in [1.807, 2.05) is 17.0 Å². The van der Waals surface area contributed by atoms with Gasteiger partial charge in [-0.1, -0.05) is 24.3 Å². The highest BCUT2D eigenvalue weighted by atomic mass is 16.5. The number of aryl methyl sites for hydroxylation is 1. The minimum atomic E-state index is 0.258. The van der Waals surface area contributed by atoms with Crippen molar-refractivity contribution in [2.75, 3.05) is 18.6 Å². The van der Waals surface area contributed by atoms with Gasteiger partial charge in [0, 0.05) is 18.7 Å². The molecule has 0 saturated carbocycles. The first-order valence-corrected chi connectivity index (χ1v) is 8.81. The summed E-state index contributed by atoms with van der Waals surface area (Å²) in [5.41, 5.74) is 5.08. The van der Waals surface area contributed by atoms with Gasteiger partial charge in [0.05, 0.1) is 7.11 Å². The molecule has 4 rings (SSSR count). The van der Waals surface area contributed by atoms with E-state index in [9.17, 15) is 4.79 Å². The van der Waals surface area contributed by atoms with Crippen LogP contribution in [0.1, 0.15) is 41.9 Å². The van der Waals surface area contributed by atoms with E-state index in [-0.39, 0.29) is 5.91 Å². The molecule has 0 unspecified atom stereocenters. The number of amides is 1. The summed E-state index contributed by atoms with van der Waals surface area (Å²) in [5, 5.41) is 0. The van der Waals surface area contributed by atoms with Crippen molar-refractivity contribution < 1.29 is 9.53 Å². The Hall–Kier alpha value is -2.29. The second-order valence-corrected chi connectivity index (χ2v) is 6.78. The molecular formula is C21H23NO2. The van der Waals surface area contributed by atoms with E-state index < -0.39 is 0 Å². The highest BCUT2D eigenvalue weighted by Crippen LogP contribution is 2.37. The van der Waals surface area contributed by atoms with Crippen molar-refractivity contribution in [2.24, 2.45) is 0 Å². The van der Waals surface area contributed by atoms with Gasteiger partial charge in [-0.3, -0.25) is 4.79 Å². The Morgan fingerprint density at radius 1 is 1.17 bits per heavy atom. The van der Waals surface area contributed by atoms with Crippen LogP contribution in [0.15, 0.2) is 42.5 Å². The maximum absolute atomic E-state index is 12.9. The lowest BCUT2D eigenvalue weighted by molar-refractivity contribution is -0.119. The molecule has 0 N–H and O–H groups in total. The first-order valence-electron chi connectivity index (χ1n) is 8.81. The van der Waals surface area contributed by atoms with Gasteiger partial charge in [-0.05, 0) is 66.5 Å². The van der Waals surface area contributed by atoms with E-state index in [2.05, 4.69) is 30.3 Å². The molecule has 1 aliphatic heterocycles. The summed E-state index contributed by atoms with van der Waals surface area (Å²) in [4.78, 5) is 14.9. The quantitative estimate of drug-likeness (QED) is 0.852. The van der Waals surface area contributed by atoms with Crippen molar-refractivity contribution in [3.8, 4) is 5.75 Å². The second kappa shape index (κ2) is 6.31. The molecule has 0 spiro atoms. The van der Waals surface area contributed by atoms with Crippen molar-refractivity contribution in [1.29, 1.82) is 0 Å². The van der Waals surface area contributed by atoms with Crippen molar-refractivity contribution in [3.05, 3.63) is 59.2 Å². The van der Waals surface area contributed by atoms with Crippen molar-refractivity contribution in [3.63, 3.8) is 0 Å². The summed E-state index contributed by atoms with van der Waals surface area (Å²) >= 11 is 0. The maximum Gasteiger partial charge on any atom is 0.227 e. The van der Waals surface area contributed by atoms with E-state index in [4.69, 9.17) is 4.74 Å². The molecule has 0 fully saturated rings. The Morgan fingerprint density at radius 2 is 2.04 bits per heavy atom. The van der Waals surface area contributed by atoms with Crippen molar-refractivity contribution in [1.82, 2.24) is 0 Å². The number of nitrogens with zero attached hydrogens (tertiary/aromatic N) is 1. The van der Waals surface area contributed by atoms with Crippen molar-refractivity contribution in [2.45, 2.75) is 38.0 Å². The zero-order chi connectivity index (χ0) is 16.5. The molecule has 0 radical (unpaired) electrons. The predicted molar refractivity (Wildman–Crippen MR) is 95.8 cm³/mol. The molecule has 1 amide bonds. The Bertz CT molecular complexity index is 768. The zero-order valence-electron chi connectivity index (χ0n) is 14.1. The van der Waals surface area contributed by atoms with Crippen LogP contribution in [-0.2, 0) is 17.6 Å². The fourth-order valence-electron chi connectivity index (χ4n) is 4.15. The van der Waals surface area contributed by atoms with Crippen LogP contribution in [0.3, 0.4) is 0 Å². The van der Waals surface area contributed by atoms with Crippen LogP contribution in [0.4, 0.5) is 5.69 Å². The molecule has 124 valence electrons. The van der Waals surface area contributed by atoms with Gasteiger partial charge < -0.3 is 9.64 Å². The van der Waals surface area contributed by atoms with Crippen molar-refractivity contribution >= 4 is 11.6 Å². The van der Waals surface area contributed by atoms with Gasteiger partial charge in [0.15, 0.2) is 0 Å². The topological polar surface area (TPSA) is 29.5 Å². The van der Waals surface area contributed by atoms with Gasteiger partial charge in [-0.2, -0.15) is 0 Å². The Labute approximate surface area is 143 Å². The number of para-hydroxylation sites is 1. The summed E-state index contributed by atoms with van der Waals surface area (Å²) in [7, 11) is 1.70. The molecule has 1 atom stereocenters. The number of rotatable bonds is 3. The summed E-state index contributed by atoms with van der Waals surface area (Å²) in [5.74, 6) is 1.50. The molecule has 1 aliphatic carbocycles. The van der Waals surface area contributed by atoms with E-state index in [1.165, 1.54) is 16.7 Å². The molecule has 3 heteroatoms. The summed E-state index contributed by atoms with van der Waals surface area (Å²) in [6.07, 6.45) is 4.91. The minimum Gasteiger partial charge on any atom is -0.497 e. The highest BCUT2D eigenvalue weighted by molar-refractivity contribution is 5.95. The van der Waals surface area contributed by atoms with E-state index in [0.29, 0.717) is 12.3 Å². The lowest BCUT2D eigenvalue weighted by Gasteiger charge is -2.27. The molecule has 1 heterocycles. The number of fused-ring (bicyclic) bond motifs is 2. The summed E-state index contributed by atoms with van der Waals surface area (Å²) < 4.78 is 5.34. The van der Waals surface area contributed by atoms with Gasteiger partial charge in [-0.15, -0.1) is 0 Å². The lowest BCUT2D eigenvalue weighted by atomic mass is 9.80. The van der Waals surface area contributed by atoms with Crippen LogP contribution in [0.25, 0.3) is 0 Å². The molecule has 2 aliphatic rings. The number of anilines is 1. The number of carbonyl (C=O) groups is 1.